The third-order valence-corrected chi connectivity index (χ3v) is 6.62. The standard InChI is InChI=1S/C28H28ClF3N4O2/c1-18(2)36-12-10-20(11-13-36)17-38-24-8-7-21(27-33-16-25(35-27)28(30,31)32)15-23(24)34-26(37)9-6-19-4-3-5-22(29)14-19/h3-5,7-8,14-16,18,20H,10-13,17H2,1-2H3,(H,33,35)(H,34,37). The van der Waals surface area contributed by atoms with E-state index in [2.05, 4.69) is 45.9 Å². The molecule has 1 fully saturated rings. The lowest BCUT2D eigenvalue weighted by Crippen LogP contribution is -2.39. The second-order valence-corrected chi connectivity index (χ2v) is 9.89. The molecule has 38 heavy (non-hydrogen) atoms. The Kier molecular flexibility index (Phi) is 8.65. The summed E-state index contributed by atoms with van der Waals surface area (Å²) in [6, 6.07) is 12.0. The summed E-state index contributed by atoms with van der Waals surface area (Å²) in [5, 5.41) is 3.21. The number of benzene rings is 2. The molecule has 0 radical (unpaired) electrons. The van der Waals surface area contributed by atoms with E-state index in [-0.39, 0.29) is 11.5 Å². The average molecular weight is 545 g/mol. The number of carbonyl (C=O) groups excluding carboxylic acids is 1. The molecular formula is C28H28ClF3N4O2. The third kappa shape index (κ3) is 7.30. The van der Waals surface area contributed by atoms with E-state index in [1.807, 2.05) is 0 Å². The molecule has 2 N–H and O–H groups in total. The Morgan fingerprint density at radius 3 is 2.66 bits per heavy atom. The van der Waals surface area contributed by atoms with Crippen LogP contribution in [-0.4, -0.2) is 46.5 Å². The van der Waals surface area contributed by atoms with E-state index in [0.29, 0.717) is 40.5 Å². The van der Waals surface area contributed by atoms with E-state index in [1.54, 1.807) is 36.4 Å². The maximum Gasteiger partial charge on any atom is 0.432 e. The number of carbonyl (C=O) groups is 1. The number of aromatic nitrogens is 2. The van der Waals surface area contributed by atoms with Crippen molar-refractivity contribution in [2.24, 2.45) is 5.92 Å². The van der Waals surface area contributed by atoms with Crippen molar-refractivity contribution < 1.29 is 22.7 Å². The molecule has 0 spiro atoms. The van der Waals surface area contributed by atoms with E-state index < -0.39 is 17.8 Å². The van der Waals surface area contributed by atoms with Crippen LogP contribution in [0.1, 0.15) is 37.9 Å². The molecule has 1 amide bonds. The molecule has 0 unspecified atom stereocenters. The van der Waals surface area contributed by atoms with Crippen LogP contribution in [0.25, 0.3) is 11.4 Å². The van der Waals surface area contributed by atoms with Gasteiger partial charge in [-0.25, -0.2) is 4.98 Å². The molecule has 200 valence electrons. The molecule has 1 saturated heterocycles. The minimum atomic E-state index is -4.55. The molecule has 3 aromatic rings. The Labute approximate surface area is 224 Å². The fourth-order valence-electron chi connectivity index (χ4n) is 4.21. The SMILES string of the molecule is CC(C)N1CCC(COc2ccc(-c3ncc(C(F)(F)F)[nH]3)cc2NC(=O)C#Cc2cccc(Cl)c2)CC1. The molecule has 0 atom stereocenters. The highest BCUT2D eigenvalue weighted by Crippen LogP contribution is 2.33. The van der Waals surface area contributed by atoms with Gasteiger partial charge >= 0.3 is 12.1 Å². The van der Waals surface area contributed by atoms with Crippen molar-refractivity contribution >= 4 is 23.2 Å². The summed E-state index contributed by atoms with van der Waals surface area (Å²) in [5.74, 6) is 5.44. The van der Waals surface area contributed by atoms with Gasteiger partial charge in [0.1, 0.15) is 17.3 Å². The minimum Gasteiger partial charge on any atom is -0.491 e. The van der Waals surface area contributed by atoms with Gasteiger partial charge in [0.25, 0.3) is 0 Å². The van der Waals surface area contributed by atoms with Crippen LogP contribution in [-0.2, 0) is 11.0 Å². The van der Waals surface area contributed by atoms with E-state index in [4.69, 9.17) is 16.3 Å². The van der Waals surface area contributed by atoms with Gasteiger partial charge < -0.3 is 19.9 Å². The molecule has 4 rings (SSSR count). The van der Waals surface area contributed by atoms with Gasteiger partial charge in [0, 0.05) is 28.1 Å². The van der Waals surface area contributed by atoms with Crippen LogP contribution >= 0.6 is 11.6 Å². The van der Waals surface area contributed by atoms with Gasteiger partial charge in [-0.05, 0) is 82.1 Å². The zero-order chi connectivity index (χ0) is 27.3. The van der Waals surface area contributed by atoms with Crippen LogP contribution in [0, 0.1) is 17.8 Å². The van der Waals surface area contributed by atoms with Crippen LogP contribution in [0.3, 0.4) is 0 Å². The molecule has 1 aliphatic heterocycles. The Bertz CT molecular complexity index is 1340. The van der Waals surface area contributed by atoms with Crippen LogP contribution in [0.15, 0.2) is 48.7 Å². The number of anilines is 1. The fraction of sp³-hybridized carbons (Fsp3) is 0.357. The predicted molar refractivity (Wildman–Crippen MR) is 141 cm³/mol. The van der Waals surface area contributed by atoms with Gasteiger partial charge in [0.05, 0.1) is 18.5 Å². The number of ether oxygens (including phenoxy) is 1. The van der Waals surface area contributed by atoms with Crippen molar-refractivity contribution in [1.29, 1.82) is 0 Å². The molecule has 0 aliphatic carbocycles. The third-order valence-electron chi connectivity index (χ3n) is 6.38. The fourth-order valence-corrected chi connectivity index (χ4v) is 4.40. The Hall–Kier alpha value is -3.48. The largest absolute Gasteiger partial charge is 0.491 e. The molecule has 2 aromatic carbocycles. The highest BCUT2D eigenvalue weighted by Gasteiger charge is 2.33. The van der Waals surface area contributed by atoms with Crippen molar-refractivity contribution in [1.82, 2.24) is 14.9 Å². The Morgan fingerprint density at radius 1 is 1.24 bits per heavy atom. The van der Waals surface area contributed by atoms with Gasteiger partial charge in [-0.1, -0.05) is 23.6 Å². The number of nitrogens with one attached hydrogen (secondary N) is 2. The van der Waals surface area contributed by atoms with Gasteiger partial charge in [0.2, 0.25) is 0 Å². The summed E-state index contributed by atoms with van der Waals surface area (Å²) < 4.78 is 45.3. The normalized spacial score (nSPS) is 14.7. The van der Waals surface area contributed by atoms with Crippen LogP contribution < -0.4 is 10.1 Å². The number of rotatable bonds is 6. The first-order chi connectivity index (χ1) is 18.1. The van der Waals surface area contributed by atoms with Gasteiger partial charge in [-0.15, -0.1) is 0 Å². The highest BCUT2D eigenvalue weighted by atomic mass is 35.5. The van der Waals surface area contributed by atoms with Crippen molar-refractivity contribution in [3.63, 3.8) is 0 Å². The number of nitrogens with zero attached hydrogens (tertiary/aromatic N) is 2. The zero-order valence-corrected chi connectivity index (χ0v) is 21.8. The number of hydrogen-bond acceptors (Lipinski definition) is 4. The lowest BCUT2D eigenvalue weighted by Gasteiger charge is -2.34. The van der Waals surface area contributed by atoms with Gasteiger partial charge in [0.15, 0.2) is 0 Å². The molecule has 2 heterocycles. The molecular weight excluding hydrogens is 517 g/mol. The monoisotopic (exact) mass is 544 g/mol. The average Bonchev–Trinajstić information content (AvgIpc) is 3.38. The van der Waals surface area contributed by atoms with E-state index in [0.717, 1.165) is 32.1 Å². The van der Waals surface area contributed by atoms with Crippen molar-refractivity contribution in [2.75, 3.05) is 25.0 Å². The number of halogens is 4. The second-order valence-electron chi connectivity index (χ2n) is 9.45. The first-order valence-electron chi connectivity index (χ1n) is 12.3. The minimum absolute atomic E-state index is 0.0189. The number of alkyl halides is 3. The van der Waals surface area contributed by atoms with Gasteiger partial charge in [-0.2, -0.15) is 13.2 Å². The number of imidazole rings is 1. The number of aromatic amines is 1. The van der Waals surface area contributed by atoms with E-state index in [9.17, 15) is 18.0 Å². The lowest BCUT2D eigenvalue weighted by molar-refractivity contribution is -0.140. The summed E-state index contributed by atoms with van der Waals surface area (Å²) >= 11 is 5.97. The lowest BCUT2D eigenvalue weighted by atomic mass is 9.97. The topological polar surface area (TPSA) is 70.2 Å². The number of likely N-dealkylation sites (tertiary alicyclic amines) is 1. The maximum atomic E-state index is 13.1. The van der Waals surface area contributed by atoms with Crippen molar-refractivity contribution in [3.05, 3.63) is 64.9 Å². The predicted octanol–water partition coefficient (Wildman–Crippen LogP) is 6.24. The number of piperidine rings is 1. The summed E-state index contributed by atoms with van der Waals surface area (Å²) in [7, 11) is 0. The van der Waals surface area contributed by atoms with Crippen molar-refractivity contribution in [2.45, 2.75) is 38.9 Å². The number of amides is 1. The Balaban J connectivity index is 1.53. The number of hydrogen-bond donors (Lipinski definition) is 2. The molecule has 6 nitrogen and oxygen atoms in total. The molecule has 0 bridgehead atoms. The first-order valence-corrected chi connectivity index (χ1v) is 12.7. The van der Waals surface area contributed by atoms with E-state index in [1.165, 1.54) is 6.07 Å². The molecule has 1 aliphatic rings. The van der Waals surface area contributed by atoms with Crippen LogP contribution in [0.4, 0.5) is 18.9 Å². The summed E-state index contributed by atoms with van der Waals surface area (Å²) in [5.41, 5.74) is 0.257. The van der Waals surface area contributed by atoms with Crippen molar-refractivity contribution in [3.8, 4) is 29.0 Å². The first kappa shape index (κ1) is 27.6. The quantitative estimate of drug-likeness (QED) is 0.360. The summed E-state index contributed by atoms with van der Waals surface area (Å²) in [6.45, 7) is 6.81. The summed E-state index contributed by atoms with van der Waals surface area (Å²) in [6.07, 6.45) is -1.82. The maximum absolute atomic E-state index is 13.1. The number of H-pyrrole nitrogens is 1. The zero-order valence-electron chi connectivity index (χ0n) is 21.0. The molecule has 0 saturated carbocycles. The van der Waals surface area contributed by atoms with Crippen LogP contribution in [0.5, 0.6) is 5.75 Å². The van der Waals surface area contributed by atoms with E-state index >= 15 is 0 Å². The summed E-state index contributed by atoms with van der Waals surface area (Å²) in [4.78, 5) is 21.2. The van der Waals surface area contributed by atoms with Crippen LogP contribution in [0.2, 0.25) is 5.02 Å². The smallest absolute Gasteiger partial charge is 0.432 e. The molecule has 1 aromatic heterocycles. The second kappa shape index (κ2) is 11.9. The van der Waals surface area contributed by atoms with Gasteiger partial charge in [-0.3, -0.25) is 4.79 Å². The molecule has 10 heteroatoms. The highest BCUT2D eigenvalue weighted by molar-refractivity contribution is 6.30. The Morgan fingerprint density at radius 2 is 2.00 bits per heavy atom.